The molecule has 0 bridgehead atoms. The molecule has 0 atom stereocenters. The topological polar surface area (TPSA) is 161 Å². The molecule has 0 amide bonds. The van der Waals surface area contributed by atoms with Crippen LogP contribution in [0.5, 0.6) is 0 Å². The van der Waals surface area contributed by atoms with Crippen molar-refractivity contribution in [1.82, 2.24) is 0 Å². The van der Waals surface area contributed by atoms with Crippen molar-refractivity contribution in [3.63, 3.8) is 0 Å². The minimum Gasteiger partial charge on any atom is 4.00 e. The molecule has 0 aromatic rings. The van der Waals surface area contributed by atoms with Gasteiger partial charge in [0.25, 0.3) is 0 Å². The minimum absolute atomic E-state index is 0. The Balaban J connectivity index is -0.0000000457. The van der Waals surface area contributed by atoms with E-state index in [0.717, 1.165) is 0 Å². The van der Waals surface area contributed by atoms with E-state index >= 15 is 0 Å². The van der Waals surface area contributed by atoms with E-state index in [1.54, 1.807) is 0 Å². The molecular formula is H2BaO8S2Ti. The maximum Gasteiger partial charge on any atom is 4.00 e. The van der Waals surface area contributed by atoms with Gasteiger partial charge in [0.1, 0.15) is 0 Å². The van der Waals surface area contributed by atoms with Crippen molar-refractivity contribution < 1.29 is 56.8 Å². The molecule has 8 nitrogen and oxygen atoms in total. The summed E-state index contributed by atoms with van der Waals surface area (Å²) in [6.07, 6.45) is 0. The molecule has 12 heavy (non-hydrogen) atoms. The number of rotatable bonds is 0. The van der Waals surface area contributed by atoms with Gasteiger partial charge in [0, 0.05) is 20.8 Å². The maximum absolute atomic E-state index is 8.52. The predicted molar refractivity (Wildman–Crippen MR) is 29.5 cm³/mol. The number of hydrogen-bond donors (Lipinski definition) is 0. The average Bonchev–Trinajstić information content (AvgIpc) is 1.12. The minimum atomic E-state index is -5.17. The van der Waals surface area contributed by atoms with Crippen LogP contribution in [0.25, 0.3) is 0 Å². The summed E-state index contributed by atoms with van der Waals surface area (Å²) < 4.78 is 68.2. The van der Waals surface area contributed by atoms with Gasteiger partial charge in [0.2, 0.25) is 0 Å². The van der Waals surface area contributed by atoms with Crippen LogP contribution in [0.1, 0.15) is 0 Å². The third-order valence-electron chi connectivity index (χ3n) is 0. The Morgan fingerprint density at radius 2 is 0.667 bits per heavy atom. The fraction of sp³-hybridized carbons (Fsp3) is 0. The first-order chi connectivity index (χ1) is 4.00. The second kappa shape index (κ2) is 9.58. The van der Waals surface area contributed by atoms with E-state index < -0.39 is 20.8 Å². The van der Waals surface area contributed by atoms with E-state index in [4.69, 9.17) is 35.0 Å². The predicted octanol–water partition coefficient (Wildman–Crippen LogP) is -3.59. The van der Waals surface area contributed by atoms with Gasteiger partial charge in [-0.2, -0.15) is 0 Å². The SMILES string of the molecule is O=S(=O)([O-])[O-].O=S(=O)([O-])[O-].[BaH2].[Ti+4]. The van der Waals surface area contributed by atoms with Crippen molar-refractivity contribution in [1.29, 1.82) is 0 Å². The number of hydrogen-bond acceptors (Lipinski definition) is 8. The molecule has 0 aliphatic rings. The Bertz CT molecular complexity index is 213. The molecule has 0 aromatic heterocycles. The zero-order chi connectivity index (χ0) is 9.00. The van der Waals surface area contributed by atoms with E-state index in [1.165, 1.54) is 0 Å². The fourth-order valence-corrected chi connectivity index (χ4v) is 0. The maximum atomic E-state index is 8.52. The van der Waals surface area contributed by atoms with Crippen LogP contribution in [0, 0.1) is 0 Å². The second-order valence-electron chi connectivity index (χ2n) is 0.816. The molecule has 0 spiro atoms. The molecular weight excluding hydrogens is 377 g/mol. The largest absolute Gasteiger partial charge is 4.00 e. The van der Waals surface area contributed by atoms with Gasteiger partial charge in [0.05, 0.1) is 0 Å². The van der Waals surface area contributed by atoms with E-state index in [-0.39, 0.29) is 70.6 Å². The third kappa shape index (κ3) is 356. The van der Waals surface area contributed by atoms with Gasteiger partial charge in [0.15, 0.2) is 0 Å². The van der Waals surface area contributed by atoms with Gasteiger partial charge in [-0.05, 0) is 0 Å². The summed E-state index contributed by atoms with van der Waals surface area (Å²) in [5.41, 5.74) is 0. The van der Waals surface area contributed by atoms with E-state index in [2.05, 4.69) is 0 Å². The van der Waals surface area contributed by atoms with Crippen molar-refractivity contribution in [2.24, 2.45) is 0 Å². The summed E-state index contributed by atoms with van der Waals surface area (Å²) in [7, 11) is -10.3. The third-order valence-corrected chi connectivity index (χ3v) is 0. The van der Waals surface area contributed by atoms with Crippen LogP contribution in [0.3, 0.4) is 0 Å². The van der Waals surface area contributed by atoms with Crippen molar-refractivity contribution >= 4 is 69.7 Å². The summed E-state index contributed by atoms with van der Waals surface area (Å²) in [6.45, 7) is 0. The molecule has 0 aliphatic heterocycles. The Kier molecular flexibility index (Phi) is 18.9. The Morgan fingerprint density at radius 3 is 0.667 bits per heavy atom. The van der Waals surface area contributed by atoms with Crippen LogP contribution in [-0.2, 0) is 42.5 Å². The molecule has 0 saturated carbocycles. The molecule has 12 heteroatoms. The van der Waals surface area contributed by atoms with Gasteiger partial charge >= 0.3 is 70.6 Å². The monoisotopic (exact) mass is 380 g/mol. The van der Waals surface area contributed by atoms with E-state index in [9.17, 15) is 0 Å². The van der Waals surface area contributed by atoms with Crippen LogP contribution in [0.4, 0.5) is 0 Å². The first-order valence-electron chi connectivity index (χ1n) is 1.33. The normalized spacial score (nSPS) is 9.67. The molecule has 0 aliphatic carbocycles. The van der Waals surface area contributed by atoms with Crippen molar-refractivity contribution in [2.45, 2.75) is 0 Å². The Labute approximate surface area is 124 Å². The molecule has 0 fully saturated rings. The summed E-state index contributed by atoms with van der Waals surface area (Å²) in [4.78, 5) is 0. The summed E-state index contributed by atoms with van der Waals surface area (Å²) in [5, 5.41) is 0. The van der Waals surface area contributed by atoms with Crippen molar-refractivity contribution in [3.8, 4) is 0 Å². The molecule has 0 unspecified atom stereocenters. The summed E-state index contributed by atoms with van der Waals surface area (Å²) in [5.74, 6) is 0. The summed E-state index contributed by atoms with van der Waals surface area (Å²) in [6, 6.07) is 0. The van der Waals surface area contributed by atoms with Crippen LogP contribution in [-0.4, -0.2) is 83.9 Å². The van der Waals surface area contributed by atoms with Gasteiger partial charge in [-0.1, -0.05) is 0 Å². The quantitative estimate of drug-likeness (QED) is 0.237. The van der Waals surface area contributed by atoms with E-state index in [0.29, 0.717) is 0 Å². The molecule has 68 valence electrons. The van der Waals surface area contributed by atoms with Crippen LogP contribution >= 0.6 is 0 Å². The Morgan fingerprint density at radius 1 is 0.667 bits per heavy atom. The molecule has 0 radical (unpaired) electrons. The first kappa shape index (κ1) is 23.7. The molecule has 0 rings (SSSR count). The molecule has 0 N–H and O–H groups in total. The van der Waals surface area contributed by atoms with Gasteiger partial charge in [-0.25, -0.2) is 0 Å². The first-order valence-corrected chi connectivity index (χ1v) is 4.00. The van der Waals surface area contributed by atoms with E-state index in [1.807, 2.05) is 0 Å². The standard InChI is InChI=1S/Ba.2H2O4S.Ti.2H/c;2*1-5(2,3)4;;;/h;2*(H2,1,2,3,4);;;/q;;;+4;;/p-4. The smallest absolute Gasteiger partial charge is 4.00 e. The molecule has 0 saturated heterocycles. The van der Waals surface area contributed by atoms with Gasteiger partial charge in [-0.15, -0.1) is 0 Å². The van der Waals surface area contributed by atoms with Gasteiger partial charge < -0.3 is 18.2 Å². The van der Waals surface area contributed by atoms with Crippen LogP contribution in [0.2, 0.25) is 0 Å². The zero-order valence-electron chi connectivity index (χ0n) is 4.58. The van der Waals surface area contributed by atoms with Crippen LogP contribution < -0.4 is 0 Å². The fourth-order valence-electron chi connectivity index (χ4n) is 0. The zero-order valence-corrected chi connectivity index (χ0v) is 7.78. The van der Waals surface area contributed by atoms with Crippen LogP contribution in [0.15, 0.2) is 0 Å². The average molecular weight is 379 g/mol. The second-order valence-corrected chi connectivity index (χ2v) is 2.45. The molecule has 0 aromatic carbocycles. The summed E-state index contributed by atoms with van der Waals surface area (Å²) >= 11 is 0. The van der Waals surface area contributed by atoms with Gasteiger partial charge in [-0.3, -0.25) is 16.8 Å². The Hall–Kier alpha value is 2.03. The van der Waals surface area contributed by atoms with Crippen molar-refractivity contribution in [2.75, 3.05) is 0 Å². The molecule has 0 heterocycles. The van der Waals surface area contributed by atoms with Crippen molar-refractivity contribution in [3.05, 3.63) is 0 Å².